The monoisotopic (exact) mass is 272 g/mol. The van der Waals surface area contributed by atoms with Crippen molar-refractivity contribution in [3.63, 3.8) is 0 Å². The van der Waals surface area contributed by atoms with Crippen LogP contribution in [0.3, 0.4) is 0 Å². The summed E-state index contributed by atoms with van der Waals surface area (Å²) in [5, 5.41) is 14.1. The maximum atomic E-state index is 4.67. The van der Waals surface area contributed by atoms with Crippen LogP contribution in [-0.4, -0.2) is 19.8 Å². The van der Waals surface area contributed by atoms with E-state index in [9.17, 15) is 0 Å². The first-order valence-corrected chi connectivity index (χ1v) is 7.38. The van der Waals surface area contributed by atoms with Crippen LogP contribution in [0, 0.1) is 6.92 Å². The molecule has 5 heteroatoms. The number of benzene rings is 1. The largest absolute Gasteiger partial charge is 0.234 e. The van der Waals surface area contributed by atoms with Gasteiger partial charge in [-0.25, -0.2) is 0 Å². The van der Waals surface area contributed by atoms with Crippen LogP contribution in [-0.2, 0) is 6.42 Å². The van der Waals surface area contributed by atoms with Gasteiger partial charge in [0.25, 0.3) is 0 Å². The Bertz CT molecular complexity index is 698. The topological polar surface area (TPSA) is 43.1 Å². The summed E-state index contributed by atoms with van der Waals surface area (Å²) in [6, 6.07) is 8.30. The Kier molecular flexibility index (Phi) is 3.29. The van der Waals surface area contributed by atoms with E-state index in [4.69, 9.17) is 0 Å². The van der Waals surface area contributed by atoms with Crippen LogP contribution < -0.4 is 0 Å². The molecule has 0 unspecified atom stereocenters. The lowest BCUT2D eigenvalue weighted by Crippen LogP contribution is -1.96. The lowest BCUT2D eigenvalue weighted by atomic mass is 10.1. The maximum absolute atomic E-state index is 4.67. The molecule has 0 amide bonds. The van der Waals surface area contributed by atoms with E-state index in [0.717, 1.165) is 35.1 Å². The van der Waals surface area contributed by atoms with Gasteiger partial charge in [0.1, 0.15) is 5.01 Å². The lowest BCUT2D eigenvalue weighted by Gasteiger charge is -1.99. The van der Waals surface area contributed by atoms with E-state index in [-0.39, 0.29) is 0 Å². The average Bonchev–Trinajstić information content (AvgIpc) is 2.97. The molecule has 3 rings (SSSR count). The highest BCUT2D eigenvalue weighted by Gasteiger charge is 2.13. The van der Waals surface area contributed by atoms with Crippen LogP contribution in [0.4, 0.5) is 0 Å². The summed E-state index contributed by atoms with van der Waals surface area (Å²) in [4.78, 5) is 0.879. The number of aryl methyl sites for hydroxylation is 2. The summed E-state index contributed by atoms with van der Waals surface area (Å²) >= 11 is 1.60. The number of hydrogen-bond donors (Lipinski definition) is 0. The maximum Gasteiger partial charge on any atom is 0.234 e. The van der Waals surface area contributed by atoms with Gasteiger partial charge in [-0.05, 0) is 18.9 Å². The molecule has 0 aliphatic rings. The number of aromatic nitrogens is 4. The zero-order chi connectivity index (χ0) is 13.2. The van der Waals surface area contributed by atoms with Crippen molar-refractivity contribution in [2.45, 2.75) is 33.1 Å². The second kappa shape index (κ2) is 5.09. The molecular weight excluding hydrogens is 256 g/mol. The van der Waals surface area contributed by atoms with E-state index in [0.29, 0.717) is 0 Å². The average molecular weight is 272 g/mol. The summed E-state index contributed by atoms with van der Waals surface area (Å²) in [7, 11) is 0. The third kappa shape index (κ3) is 2.26. The fourth-order valence-corrected chi connectivity index (χ4v) is 3.02. The minimum atomic E-state index is 0.879. The van der Waals surface area contributed by atoms with Crippen molar-refractivity contribution in [1.29, 1.82) is 0 Å². The molecule has 3 aromatic rings. The van der Waals surface area contributed by atoms with Gasteiger partial charge in [-0.15, -0.1) is 10.2 Å². The van der Waals surface area contributed by atoms with Crippen LogP contribution in [0.25, 0.3) is 15.5 Å². The molecule has 4 nitrogen and oxygen atoms in total. The number of nitrogens with zero attached hydrogens (tertiary/aromatic N) is 4. The highest BCUT2D eigenvalue weighted by molar-refractivity contribution is 7.19. The Morgan fingerprint density at radius 3 is 2.84 bits per heavy atom. The van der Waals surface area contributed by atoms with Crippen LogP contribution in [0.2, 0.25) is 0 Å². The van der Waals surface area contributed by atoms with Crippen LogP contribution in [0.15, 0.2) is 24.3 Å². The quantitative estimate of drug-likeness (QED) is 0.730. The molecule has 19 heavy (non-hydrogen) atoms. The number of fused-ring (bicyclic) bond motifs is 1. The molecule has 0 spiro atoms. The molecule has 0 aliphatic heterocycles. The minimum Gasteiger partial charge on any atom is -0.187 e. The van der Waals surface area contributed by atoms with Gasteiger partial charge in [0.15, 0.2) is 5.82 Å². The van der Waals surface area contributed by atoms with Crippen molar-refractivity contribution in [2.75, 3.05) is 0 Å². The van der Waals surface area contributed by atoms with Crippen molar-refractivity contribution >= 4 is 16.3 Å². The number of unbranched alkanes of at least 4 members (excludes halogenated alkanes) is 1. The molecule has 98 valence electrons. The predicted octanol–water partition coefficient (Wildman–Crippen LogP) is 3.50. The van der Waals surface area contributed by atoms with E-state index >= 15 is 0 Å². The molecule has 2 heterocycles. The molecule has 1 aromatic carbocycles. The fraction of sp³-hybridized carbons (Fsp3) is 0.357. The second-order valence-electron chi connectivity index (χ2n) is 4.64. The van der Waals surface area contributed by atoms with E-state index in [1.54, 1.807) is 11.3 Å². The molecule has 0 saturated heterocycles. The second-order valence-corrected chi connectivity index (χ2v) is 5.59. The van der Waals surface area contributed by atoms with Gasteiger partial charge in [0.05, 0.1) is 0 Å². The van der Waals surface area contributed by atoms with Gasteiger partial charge < -0.3 is 0 Å². The molecule has 0 radical (unpaired) electrons. The Labute approximate surface area is 116 Å². The van der Waals surface area contributed by atoms with Crippen molar-refractivity contribution < 1.29 is 0 Å². The summed E-state index contributed by atoms with van der Waals surface area (Å²) in [5.74, 6) is 0.966. The molecule has 0 N–H and O–H groups in total. The zero-order valence-corrected chi connectivity index (χ0v) is 11.9. The van der Waals surface area contributed by atoms with E-state index in [2.05, 4.69) is 41.3 Å². The smallest absolute Gasteiger partial charge is 0.187 e. The summed E-state index contributed by atoms with van der Waals surface area (Å²) in [5.41, 5.74) is 2.42. The molecule has 0 atom stereocenters. The molecule has 0 saturated carbocycles. The van der Waals surface area contributed by atoms with E-state index in [1.807, 2.05) is 16.6 Å². The number of hydrogen-bond acceptors (Lipinski definition) is 4. The Balaban J connectivity index is 2.03. The highest BCUT2D eigenvalue weighted by Crippen LogP contribution is 2.27. The first-order valence-electron chi connectivity index (χ1n) is 6.56. The van der Waals surface area contributed by atoms with Crippen LogP contribution >= 0.6 is 11.3 Å². The Morgan fingerprint density at radius 1 is 1.21 bits per heavy atom. The molecule has 0 aliphatic carbocycles. The zero-order valence-electron chi connectivity index (χ0n) is 11.1. The van der Waals surface area contributed by atoms with Gasteiger partial charge in [-0.1, -0.05) is 48.9 Å². The normalized spacial score (nSPS) is 11.3. The van der Waals surface area contributed by atoms with E-state index < -0.39 is 0 Å². The predicted molar refractivity (Wildman–Crippen MR) is 77.4 cm³/mol. The van der Waals surface area contributed by atoms with Gasteiger partial charge in [0, 0.05) is 12.0 Å². The third-order valence-electron chi connectivity index (χ3n) is 3.18. The van der Waals surface area contributed by atoms with Gasteiger partial charge >= 0.3 is 0 Å². The van der Waals surface area contributed by atoms with Gasteiger partial charge in [-0.2, -0.15) is 9.61 Å². The Morgan fingerprint density at radius 2 is 2.05 bits per heavy atom. The standard InChI is InChI=1S/C14H16N4S/c1-3-4-9-12-15-16-14-18(12)17-13(19-14)11-8-6-5-7-10(11)2/h5-8H,3-4,9H2,1-2H3. The molecule has 0 bridgehead atoms. The van der Waals surface area contributed by atoms with E-state index in [1.165, 1.54) is 11.1 Å². The lowest BCUT2D eigenvalue weighted by molar-refractivity contribution is 0.723. The van der Waals surface area contributed by atoms with Gasteiger partial charge in [-0.3, -0.25) is 0 Å². The van der Waals surface area contributed by atoms with Crippen LogP contribution in [0.5, 0.6) is 0 Å². The molecular formula is C14H16N4S. The van der Waals surface area contributed by atoms with Crippen LogP contribution in [0.1, 0.15) is 31.2 Å². The Hall–Kier alpha value is -1.75. The van der Waals surface area contributed by atoms with Crippen molar-refractivity contribution in [3.05, 3.63) is 35.7 Å². The van der Waals surface area contributed by atoms with Gasteiger partial charge in [0.2, 0.25) is 4.96 Å². The molecule has 0 fully saturated rings. The highest BCUT2D eigenvalue weighted by atomic mass is 32.1. The van der Waals surface area contributed by atoms with Crippen molar-refractivity contribution in [2.24, 2.45) is 0 Å². The van der Waals surface area contributed by atoms with Crippen molar-refractivity contribution in [3.8, 4) is 10.6 Å². The fourth-order valence-electron chi connectivity index (χ4n) is 2.07. The first-order chi connectivity index (χ1) is 9.29. The summed E-state index contributed by atoms with van der Waals surface area (Å²) in [6.07, 6.45) is 3.22. The van der Waals surface area contributed by atoms with Crippen molar-refractivity contribution in [1.82, 2.24) is 19.8 Å². The summed E-state index contributed by atoms with van der Waals surface area (Å²) < 4.78 is 1.89. The summed E-state index contributed by atoms with van der Waals surface area (Å²) in [6.45, 7) is 4.29. The molecule has 2 aromatic heterocycles. The SMILES string of the molecule is CCCCc1nnc2sc(-c3ccccc3C)nn12. The third-order valence-corrected chi connectivity index (χ3v) is 4.12. The first kappa shape index (κ1) is 12.3. The minimum absolute atomic E-state index is 0.879. The number of rotatable bonds is 4.